The maximum atomic E-state index is 10.8. The molecule has 0 aliphatic heterocycles. The topological polar surface area (TPSA) is 55.4 Å². The molecule has 0 aliphatic rings. The van der Waals surface area contributed by atoms with Crippen LogP contribution in [0.2, 0.25) is 0 Å². The zero-order chi connectivity index (χ0) is 9.40. The standard InChI is InChI=1S/C8H13NO3/c1-3-5-12-8(11)6-9-7(10)4-2/h4H,2-3,5-6H2,1H3,(H,9,10). The van der Waals surface area contributed by atoms with Crippen LogP contribution in [0.25, 0.3) is 0 Å². The molecule has 0 aromatic heterocycles. The predicted molar refractivity (Wildman–Crippen MR) is 44.5 cm³/mol. The number of nitrogens with one attached hydrogen (secondary N) is 1. The van der Waals surface area contributed by atoms with Crippen molar-refractivity contribution in [1.82, 2.24) is 5.32 Å². The molecule has 0 fully saturated rings. The van der Waals surface area contributed by atoms with E-state index in [9.17, 15) is 9.59 Å². The molecule has 0 radical (unpaired) electrons. The summed E-state index contributed by atoms with van der Waals surface area (Å²) in [5, 5.41) is 2.31. The SMILES string of the molecule is C=CC(=O)NCC(=O)OCCC. The van der Waals surface area contributed by atoms with Crippen molar-refractivity contribution in [3.63, 3.8) is 0 Å². The number of rotatable bonds is 5. The molecule has 0 rings (SSSR count). The minimum atomic E-state index is -0.424. The highest BCUT2D eigenvalue weighted by Crippen LogP contribution is 1.81. The fraction of sp³-hybridized carbons (Fsp3) is 0.500. The number of hydrogen-bond acceptors (Lipinski definition) is 3. The van der Waals surface area contributed by atoms with Gasteiger partial charge >= 0.3 is 5.97 Å². The van der Waals surface area contributed by atoms with Crippen LogP contribution in [0.15, 0.2) is 12.7 Å². The van der Waals surface area contributed by atoms with Gasteiger partial charge in [0.05, 0.1) is 6.61 Å². The lowest BCUT2D eigenvalue weighted by Gasteiger charge is -2.02. The average Bonchev–Trinajstić information content (AvgIpc) is 2.10. The van der Waals surface area contributed by atoms with Crippen LogP contribution in [0.4, 0.5) is 0 Å². The van der Waals surface area contributed by atoms with Gasteiger partial charge in [0.25, 0.3) is 0 Å². The highest BCUT2D eigenvalue weighted by Gasteiger charge is 2.02. The summed E-state index contributed by atoms with van der Waals surface area (Å²) in [6.07, 6.45) is 1.88. The van der Waals surface area contributed by atoms with E-state index in [4.69, 9.17) is 4.74 Å². The molecule has 0 unspecified atom stereocenters. The molecule has 0 aromatic rings. The second-order valence-electron chi connectivity index (χ2n) is 2.14. The van der Waals surface area contributed by atoms with Crippen molar-refractivity contribution in [3.05, 3.63) is 12.7 Å². The lowest BCUT2D eigenvalue weighted by molar-refractivity contribution is -0.143. The van der Waals surface area contributed by atoms with E-state index in [1.54, 1.807) is 0 Å². The van der Waals surface area contributed by atoms with Crippen LogP contribution in [-0.2, 0) is 14.3 Å². The Morgan fingerprint density at radius 3 is 2.75 bits per heavy atom. The largest absolute Gasteiger partial charge is 0.464 e. The number of ether oxygens (including phenoxy) is 1. The normalized spacial score (nSPS) is 8.75. The smallest absolute Gasteiger partial charge is 0.325 e. The van der Waals surface area contributed by atoms with E-state index in [1.165, 1.54) is 0 Å². The van der Waals surface area contributed by atoms with Crippen molar-refractivity contribution in [1.29, 1.82) is 0 Å². The van der Waals surface area contributed by atoms with Gasteiger partial charge in [-0.2, -0.15) is 0 Å². The lowest BCUT2D eigenvalue weighted by atomic mass is 10.5. The molecule has 4 heteroatoms. The molecule has 0 bridgehead atoms. The van der Waals surface area contributed by atoms with E-state index in [1.807, 2.05) is 6.92 Å². The van der Waals surface area contributed by atoms with Crippen molar-refractivity contribution in [2.75, 3.05) is 13.2 Å². The van der Waals surface area contributed by atoms with E-state index in [0.717, 1.165) is 12.5 Å². The van der Waals surface area contributed by atoms with Crippen LogP contribution in [0.3, 0.4) is 0 Å². The first kappa shape index (κ1) is 10.7. The van der Waals surface area contributed by atoms with E-state index >= 15 is 0 Å². The molecule has 12 heavy (non-hydrogen) atoms. The Labute approximate surface area is 71.6 Å². The first-order valence-corrected chi connectivity index (χ1v) is 3.76. The van der Waals surface area contributed by atoms with Gasteiger partial charge in [0.1, 0.15) is 6.54 Å². The summed E-state index contributed by atoms with van der Waals surface area (Å²) in [5.74, 6) is -0.796. The van der Waals surface area contributed by atoms with E-state index in [0.29, 0.717) is 6.61 Å². The third-order valence-electron chi connectivity index (χ3n) is 1.06. The maximum absolute atomic E-state index is 10.8. The number of carbonyl (C=O) groups is 2. The summed E-state index contributed by atoms with van der Waals surface area (Å²) in [6, 6.07) is 0. The van der Waals surface area contributed by atoms with Crippen molar-refractivity contribution in [2.45, 2.75) is 13.3 Å². The summed E-state index contributed by atoms with van der Waals surface area (Å²) in [5.41, 5.74) is 0. The Balaban J connectivity index is 3.43. The molecule has 0 saturated heterocycles. The highest BCUT2D eigenvalue weighted by molar-refractivity contribution is 5.89. The van der Waals surface area contributed by atoms with Gasteiger partial charge in [0.15, 0.2) is 0 Å². The van der Waals surface area contributed by atoms with Crippen molar-refractivity contribution >= 4 is 11.9 Å². The second-order valence-corrected chi connectivity index (χ2v) is 2.14. The minimum Gasteiger partial charge on any atom is -0.464 e. The first-order chi connectivity index (χ1) is 5.70. The lowest BCUT2D eigenvalue weighted by Crippen LogP contribution is -2.29. The van der Waals surface area contributed by atoms with Crippen LogP contribution in [0.5, 0.6) is 0 Å². The molecule has 0 spiro atoms. The maximum Gasteiger partial charge on any atom is 0.325 e. The Bertz CT molecular complexity index is 177. The summed E-state index contributed by atoms with van der Waals surface area (Å²) >= 11 is 0. The van der Waals surface area contributed by atoms with Gasteiger partial charge in [-0.25, -0.2) is 0 Å². The summed E-state index contributed by atoms with van der Waals surface area (Å²) < 4.78 is 4.70. The Hall–Kier alpha value is -1.32. The van der Waals surface area contributed by atoms with Crippen LogP contribution >= 0.6 is 0 Å². The predicted octanol–water partition coefficient (Wildman–Crippen LogP) is 0.242. The molecule has 0 atom stereocenters. The second kappa shape index (κ2) is 6.39. The van der Waals surface area contributed by atoms with Gasteiger partial charge in [-0.1, -0.05) is 13.5 Å². The summed E-state index contributed by atoms with van der Waals surface area (Å²) in [4.78, 5) is 21.3. The monoisotopic (exact) mass is 171 g/mol. The molecule has 1 N–H and O–H groups in total. The molecule has 0 aliphatic carbocycles. The Morgan fingerprint density at radius 1 is 1.58 bits per heavy atom. The fourth-order valence-corrected chi connectivity index (χ4v) is 0.498. The first-order valence-electron chi connectivity index (χ1n) is 3.76. The number of amides is 1. The number of carbonyl (C=O) groups excluding carboxylic acids is 2. The third kappa shape index (κ3) is 5.46. The average molecular weight is 171 g/mol. The van der Waals surface area contributed by atoms with Gasteiger partial charge in [-0.3, -0.25) is 9.59 Å². The molecule has 4 nitrogen and oxygen atoms in total. The Morgan fingerprint density at radius 2 is 2.25 bits per heavy atom. The van der Waals surface area contributed by atoms with Gasteiger partial charge in [0, 0.05) is 0 Å². The van der Waals surface area contributed by atoms with Gasteiger partial charge in [-0.05, 0) is 12.5 Å². The van der Waals surface area contributed by atoms with Crippen LogP contribution in [0, 0.1) is 0 Å². The zero-order valence-corrected chi connectivity index (χ0v) is 7.13. The van der Waals surface area contributed by atoms with E-state index < -0.39 is 5.97 Å². The minimum absolute atomic E-state index is 0.0924. The quantitative estimate of drug-likeness (QED) is 0.476. The number of hydrogen-bond donors (Lipinski definition) is 1. The van der Waals surface area contributed by atoms with Gasteiger partial charge < -0.3 is 10.1 Å². The van der Waals surface area contributed by atoms with Crippen molar-refractivity contribution in [2.24, 2.45) is 0 Å². The van der Waals surface area contributed by atoms with Crippen LogP contribution < -0.4 is 5.32 Å². The zero-order valence-electron chi connectivity index (χ0n) is 7.13. The van der Waals surface area contributed by atoms with Crippen LogP contribution in [-0.4, -0.2) is 25.0 Å². The van der Waals surface area contributed by atoms with Gasteiger partial charge in [-0.15, -0.1) is 0 Å². The van der Waals surface area contributed by atoms with Gasteiger partial charge in [0.2, 0.25) is 5.91 Å². The summed E-state index contributed by atoms with van der Waals surface area (Å²) in [7, 11) is 0. The molecular weight excluding hydrogens is 158 g/mol. The molecule has 0 heterocycles. The van der Waals surface area contributed by atoms with Crippen molar-refractivity contribution < 1.29 is 14.3 Å². The Kier molecular flexibility index (Phi) is 5.69. The molecule has 0 saturated carbocycles. The molecule has 0 aromatic carbocycles. The van der Waals surface area contributed by atoms with E-state index in [2.05, 4.69) is 11.9 Å². The molecular formula is C8H13NO3. The fourth-order valence-electron chi connectivity index (χ4n) is 0.498. The van der Waals surface area contributed by atoms with Crippen molar-refractivity contribution in [3.8, 4) is 0 Å². The number of esters is 1. The van der Waals surface area contributed by atoms with Crippen LogP contribution in [0.1, 0.15) is 13.3 Å². The molecule has 1 amide bonds. The third-order valence-corrected chi connectivity index (χ3v) is 1.06. The highest BCUT2D eigenvalue weighted by atomic mass is 16.5. The molecule has 68 valence electrons. The van der Waals surface area contributed by atoms with E-state index in [-0.39, 0.29) is 12.5 Å². The summed E-state index contributed by atoms with van der Waals surface area (Å²) in [6.45, 7) is 5.43.